The molecule has 0 unspecified atom stereocenters. The Hall–Kier alpha value is -1.56. The Balaban J connectivity index is 2.21. The van der Waals surface area contributed by atoms with Crippen molar-refractivity contribution in [3.05, 3.63) is 53.1 Å². The van der Waals surface area contributed by atoms with Gasteiger partial charge < -0.3 is 0 Å². The van der Waals surface area contributed by atoms with Crippen LogP contribution >= 0.6 is 0 Å². The molecule has 0 saturated carbocycles. The van der Waals surface area contributed by atoms with Crippen LogP contribution in [-0.4, -0.2) is 0 Å². The van der Waals surface area contributed by atoms with Gasteiger partial charge in [0.25, 0.3) is 0 Å². The lowest BCUT2D eigenvalue weighted by molar-refractivity contribution is 1.04. The van der Waals surface area contributed by atoms with Gasteiger partial charge in [0, 0.05) is 0 Å². The summed E-state index contributed by atoms with van der Waals surface area (Å²) < 4.78 is 0. The number of benzene rings is 2. The summed E-state index contributed by atoms with van der Waals surface area (Å²) in [5.74, 6) is 0. The number of fused-ring (bicyclic) bond motifs is 2. The quantitative estimate of drug-likeness (QED) is 0.638. The zero-order valence-electron chi connectivity index (χ0n) is 8.96. The molecule has 2 aromatic rings. The van der Waals surface area contributed by atoms with Gasteiger partial charge in [0.2, 0.25) is 0 Å². The predicted octanol–water partition coefficient (Wildman–Crippen LogP) is 4.19. The molecule has 0 aliphatic heterocycles. The van der Waals surface area contributed by atoms with Crippen LogP contribution in [0.3, 0.4) is 0 Å². The molecule has 0 heteroatoms. The van der Waals surface area contributed by atoms with Gasteiger partial charge in [0.1, 0.15) is 0 Å². The van der Waals surface area contributed by atoms with Gasteiger partial charge in [-0.2, -0.15) is 0 Å². The molecular weight excluding hydrogens is 180 g/mol. The topological polar surface area (TPSA) is 0 Å². The average Bonchev–Trinajstić information content (AvgIpc) is 2.67. The molecule has 0 radical (unpaired) electrons. The second-order valence-corrected chi connectivity index (χ2v) is 4.23. The lowest BCUT2D eigenvalue weighted by Gasteiger charge is -2.02. The third-order valence-corrected chi connectivity index (χ3v) is 3.24. The van der Waals surface area contributed by atoms with Crippen LogP contribution < -0.4 is 0 Å². The second-order valence-electron chi connectivity index (χ2n) is 4.23. The van der Waals surface area contributed by atoms with E-state index in [4.69, 9.17) is 0 Å². The van der Waals surface area contributed by atoms with Crippen LogP contribution in [0.25, 0.3) is 16.8 Å². The first-order valence-electron chi connectivity index (χ1n) is 5.58. The molecule has 0 amide bonds. The van der Waals surface area contributed by atoms with Crippen molar-refractivity contribution in [3.63, 3.8) is 0 Å². The van der Waals surface area contributed by atoms with Crippen molar-refractivity contribution in [3.8, 4) is 0 Å². The van der Waals surface area contributed by atoms with Crippen molar-refractivity contribution in [2.75, 3.05) is 0 Å². The van der Waals surface area contributed by atoms with Crippen LogP contribution in [0.5, 0.6) is 0 Å². The molecule has 0 N–H and O–H groups in total. The summed E-state index contributed by atoms with van der Waals surface area (Å²) in [4.78, 5) is 0. The molecule has 2 aromatic carbocycles. The summed E-state index contributed by atoms with van der Waals surface area (Å²) in [6, 6.07) is 13.2. The van der Waals surface area contributed by atoms with Crippen LogP contribution in [0.15, 0.2) is 42.0 Å². The van der Waals surface area contributed by atoms with Crippen molar-refractivity contribution in [2.45, 2.75) is 19.8 Å². The highest BCUT2D eigenvalue weighted by Crippen LogP contribution is 2.30. The van der Waals surface area contributed by atoms with E-state index >= 15 is 0 Å². The second kappa shape index (κ2) is 3.23. The molecule has 0 heterocycles. The highest BCUT2D eigenvalue weighted by molar-refractivity contribution is 5.87. The van der Waals surface area contributed by atoms with E-state index in [1.54, 1.807) is 5.57 Å². The summed E-state index contributed by atoms with van der Waals surface area (Å²) in [5.41, 5.74) is 4.47. The van der Waals surface area contributed by atoms with E-state index in [0.29, 0.717) is 0 Å². The Morgan fingerprint density at radius 1 is 1.07 bits per heavy atom. The van der Waals surface area contributed by atoms with E-state index in [9.17, 15) is 0 Å². The minimum absolute atomic E-state index is 1.15. The summed E-state index contributed by atoms with van der Waals surface area (Å²) in [5, 5.41) is 2.71. The number of rotatable bonds is 1. The highest BCUT2D eigenvalue weighted by atomic mass is 14.2. The Labute approximate surface area is 90.2 Å². The van der Waals surface area contributed by atoms with Crippen LogP contribution in [-0.2, 0) is 6.42 Å². The molecule has 0 spiro atoms. The third kappa shape index (κ3) is 1.37. The Kier molecular flexibility index (Phi) is 1.88. The Morgan fingerprint density at radius 2 is 1.80 bits per heavy atom. The van der Waals surface area contributed by atoms with Gasteiger partial charge in [-0.3, -0.25) is 0 Å². The van der Waals surface area contributed by atoms with Crippen molar-refractivity contribution in [1.29, 1.82) is 0 Å². The Morgan fingerprint density at radius 3 is 2.53 bits per heavy atom. The zero-order chi connectivity index (χ0) is 10.3. The lowest BCUT2D eigenvalue weighted by atomic mass is 10.0. The fourth-order valence-corrected chi connectivity index (χ4v) is 2.34. The van der Waals surface area contributed by atoms with Crippen LogP contribution in [0.1, 0.15) is 24.5 Å². The standard InChI is InChI=1S/C15H14/c1-2-11-7-14-9-12-5-3-4-6-13(12)10-15(14)8-11/h3-7,9-10H,2,8H2,1H3. The Bertz CT molecular complexity index is 547. The van der Waals surface area contributed by atoms with Crippen LogP contribution in [0.2, 0.25) is 0 Å². The summed E-state index contributed by atoms with van der Waals surface area (Å²) in [7, 11) is 0. The van der Waals surface area contributed by atoms with Crippen molar-refractivity contribution in [2.24, 2.45) is 0 Å². The minimum Gasteiger partial charge on any atom is -0.0655 e. The normalized spacial score (nSPS) is 14.1. The summed E-state index contributed by atoms with van der Waals surface area (Å²) in [6.45, 7) is 2.23. The average molecular weight is 194 g/mol. The number of allylic oxidation sites excluding steroid dienone is 1. The van der Waals surface area contributed by atoms with Gasteiger partial charge in [0.15, 0.2) is 0 Å². The maximum Gasteiger partial charge on any atom is -0.00577 e. The highest BCUT2D eigenvalue weighted by Gasteiger charge is 2.11. The maximum atomic E-state index is 2.35. The first-order valence-corrected chi connectivity index (χ1v) is 5.58. The van der Waals surface area contributed by atoms with E-state index in [1.807, 2.05) is 0 Å². The lowest BCUT2D eigenvalue weighted by Crippen LogP contribution is -1.84. The van der Waals surface area contributed by atoms with Gasteiger partial charge in [-0.25, -0.2) is 0 Å². The van der Waals surface area contributed by atoms with Crippen LogP contribution in [0.4, 0.5) is 0 Å². The maximum absolute atomic E-state index is 2.35. The summed E-state index contributed by atoms with van der Waals surface area (Å²) >= 11 is 0. The molecule has 0 fully saturated rings. The molecular formula is C15H14. The first-order chi connectivity index (χ1) is 7.36. The van der Waals surface area contributed by atoms with E-state index < -0.39 is 0 Å². The molecule has 0 atom stereocenters. The van der Waals surface area contributed by atoms with E-state index in [2.05, 4.69) is 49.4 Å². The third-order valence-electron chi connectivity index (χ3n) is 3.24. The summed E-state index contributed by atoms with van der Waals surface area (Å²) in [6.07, 6.45) is 4.67. The number of hydrogen-bond acceptors (Lipinski definition) is 0. The van der Waals surface area contributed by atoms with Crippen LogP contribution in [0, 0.1) is 0 Å². The molecule has 0 saturated heterocycles. The van der Waals surface area contributed by atoms with Gasteiger partial charge in [-0.05, 0) is 40.8 Å². The predicted molar refractivity (Wildman–Crippen MR) is 65.9 cm³/mol. The molecule has 15 heavy (non-hydrogen) atoms. The molecule has 0 nitrogen and oxygen atoms in total. The smallest absolute Gasteiger partial charge is 0.00577 e. The zero-order valence-corrected chi connectivity index (χ0v) is 8.96. The van der Waals surface area contributed by atoms with Gasteiger partial charge >= 0.3 is 0 Å². The minimum atomic E-state index is 1.15. The van der Waals surface area contributed by atoms with Gasteiger partial charge in [-0.1, -0.05) is 48.9 Å². The molecule has 1 aliphatic carbocycles. The van der Waals surface area contributed by atoms with E-state index in [0.717, 1.165) is 6.42 Å². The van der Waals surface area contributed by atoms with Gasteiger partial charge in [-0.15, -0.1) is 0 Å². The molecule has 0 bridgehead atoms. The first kappa shape index (κ1) is 8.72. The van der Waals surface area contributed by atoms with E-state index in [1.165, 1.54) is 28.3 Å². The molecule has 1 aliphatic rings. The van der Waals surface area contributed by atoms with E-state index in [-0.39, 0.29) is 0 Å². The van der Waals surface area contributed by atoms with Crippen molar-refractivity contribution < 1.29 is 0 Å². The molecule has 74 valence electrons. The SMILES string of the molecule is CCC1=Cc2cc3ccccc3cc2C1. The number of hydrogen-bond donors (Lipinski definition) is 0. The largest absolute Gasteiger partial charge is 0.0655 e. The monoisotopic (exact) mass is 194 g/mol. The fraction of sp³-hybridized carbons (Fsp3) is 0.200. The fourth-order valence-electron chi connectivity index (χ4n) is 2.34. The molecule has 0 aromatic heterocycles. The van der Waals surface area contributed by atoms with Crippen molar-refractivity contribution in [1.82, 2.24) is 0 Å². The van der Waals surface area contributed by atoms with Crippen molar-refractivity contribution >= 4 is 16.8 Å². The molecule has 3 rings (SSSR count). The van der Waals surface area contributed by atoms with Gasteiger partial charge in [0.05, 0.1) is 0 Å².